The van der Waals surface area contributed by atoms with Gasteiger partial charge in [0.05, 0.1) is 25.2 Å². The van der Waals surface area contributed by atoms with Gasteiger partial charge in [0.25, 0.3) is 0 Å². The number of hydrogen-bond donors (Lipinski definition) is 1. The smallest absolute Gasteiger partial charge is 0.333 e. The third-order valence-corrected chi connectivity index (χ3v) is 5.73. The fourth-order valence-corrected chi connectivity index (χ4v) is 5.75. The van der Waals surface area contributed by atoms with Gasteiger partial charge < -0.3 is 14.6 Å². The lowest BCUT2D eigenvalue weighted by atomic mass is 9.42. The van der Waals surface area contributed by atoms with E-state index in [1.165, 1.54) is 14.2 Å². The van der Waals surface area contributed by atoms with Gasteiger partial charge in [-0.15, -0.1) is 0 Å². The first-order valence-electron chi connectivity index (χ1n) is 7.84. The van der Waals surface area contributed by atoms with Crippen molar-refractivity contribution in [3.8, 4) is 0 Å². The van der Waals surface area contributed by atoms with Crippen LogP contribution in [-0.4, -0.2) is 36.9 Å². The normalized spacial score (nSPS) is 43.1. The van der Waals surface area contributed by atoms with Crippen LogP contribution in [0.3, 0.4) is 0 Å². The van der Waals surface area contributed by atoms with E-state index in [9.17, 15) is 14.7 Å². The van der Waals surface area contributed by atoms with E-state index in [4.69, 9.17) is 9.47 Å². The van der Waals surface area contributed by atoms with E-state index in [0.717, 1.165) is 19.3 Å². The molecular weight excluding hydrogens is 284 g/mol. The monoisotopic (exact) mass is 308 g/mol. The van der Waals surface area contributed by atoms with E-state index in [2.05, 4.69) is 0 Å². The highest BCUT2D eigenvalue weighted by atomic mass is 16.5. The van der Waals surface area contributed by atoms with Crippen LogP contribution in [0, 0.1) is 16.7 Å². The molecule has 0 aromatic heterocycles. The van der Waals surface area contributed by atoms with Gasteiger partial charge in [-0.25, -0.2) is 4.79 Å². The number of ether oxygens (including phenoxy) is 2. The number of carbonyl (C=O) groups is 2. The lowest BCUT2D eigenvalue weighted by Crippen LogP contribution is -2.62. The van der Waals surface area contributed by atoms with Crippen molar-refractivity contribution in [2.24, 2.45) is 16.7 Å². The standard InChI is InChI=1S/C17H24O5/c1-11(13(18)21-2)4-15-5-12-6-16(8-15,14(19)22-3)10-17(20,7-12)9-15/h4,12,20H,5-10H2,1-3H3/b11-4+. The minimum Gasteiger partial charge on any atom is -0.469 e. The van der Waals surface area contributed by atoms with Gasteiger partial charge in [-0.1, -0.05) is 6.08 Å². The number of aliphatic hydroxyl groups is 1. The summed E-state index contributed by atoms with van der Waals surface area (Å²) in [4.78, 5) is 24.1. The van der Waals surface area contributed by atoms with Crippen LogP contribution in [0.25, 0.3) is 0 Å². The molecular formula is C17H24O5. The highest BCUT2D eigenvalue weighted by molar-refractivity contribution is 5.87. The van der Waals surface area contributed by atoms with Crippen molar-refractivity contribution in [1.29, 1.82) is 0 Å². The van der Waals surface area contributed by atoms with E-state index in [0.29, 0.717) is 30.8 Å². The number of carbonyl (C=O) groups excluding carboxylic acids is 2. The Balaban J connectivity index is 2.00. The van der Waals surface area contributed by atoms with Crippen LogP contribution in [-0.2, 0) is 19.1 Å². The first-order valence-corrected chi connectivity index (χ1v) is 7.84. The molecule has 0 amide bonds. The molecule has 0 aliphatic heterocycles. The molecule has 4 saturated carbocycles. The van der Waals surface area contributed by atoms with Crippen LogP contribution in [0.15, 0.2) is 11.6 Å². The number of allylic oxidation sites excluding steroid dienone is 1. The molecule has 0 radical (unpaired) electrons. The minimum absolute atomic E-state index is 0.219. The van der Waals surface area contributed by atoms with Crippen molar-refractivity contribution >= 4 is 11.9 Å². The minimum atomic E-state index is -0.819. The molecule has 4 fully saturated rings. The number of esters is 2. The molecule has 0 saturated heterocycles. The summed E-state index contributed by atoms with van der Waals surface area (Å²) in [6.07, 6.45) is 6.14. The van der Waals surface area contributed by atoms with Gasteiger partial charge >= 0.3 is 11.9 Å². The van der Waals surface area contributed by atoms with Gasteiger partial charge in [-0.3, -0.25) is 4.79 Å². The third kappa shape index (κ3) is 2.26. The van der Waals surface area contributed by atoms with Crippen LogP contribution in [0.5, 0.6) is 0 Å². The Morgan fingerprint density at radius 1 is 1.09 bits per heavy atom. The van der Waals surface area contributed by atoms with Gasteiger partial charge in [-0.2, -0.15) is 0 Å². The Hall–Kier alpha value is -1.36. The van der Waals surface area contributed by atoms with E-state index in [1.807, 2.05) is 6.08 Å². The molecule has 4 aliphatic carbocycles. The predicted octanol–water partition coefficient (Wildman–Crippen LogP) is 1.98. The quantitative estimate of drug-likeness (QED) is 0.637. The van der Waals surface area contributed by atoms with Gasteiger partial charge in [0.2, 0.25) is 0 Å². The molecule has 4 unspecified atom stereocenters. The Labute approximate surface area is 130 Å². The van der Waals surface area contributed by atoms with Crippen LogP contribution < -0.4 is 0 Å². The first-order chi connectivity index (χ1) is 10.3. The van der Waals surface area contributed by atoms with Crippen molar-refractivity contribution < 1.29 is 24.2 Å². The van der Waals surface area contributed by atoms with Crippen molar-refractivity contribution in [3.05, 3.63) is 11.6 Å². The summed E-state index contributed by atoms with van der Waals surface area (Å²) in [6.45, 7) is 1.74. The lowest BCUT2D eigenvalue weighted by Gasteiger charge is -2.63. The summed E-state index contributed by atoms with van der Waals surface area (Å²) < 4.78 is 9.82. The molecule has 22 heavy (non-hydrogen) atoms. The largest absolute Gasteiger partial charge is 0.469 e. The van der Waals surface area contributed by atoms with Gasteiger partial charge in [0.15, 0.2) is 0 Å². The maximum absolute atomic E-state index is 12.4. The molecule has 5 heteroatoms. The molecule has 1 N–H and O–H groups in total. The summed E-state index contributed by atoms with van der Waals surface area (Å²) in [6, 6.07) is 0. The van der Waals surface area contributed by atoms with Crippen LogP contribution >= 0.6 is 0 Å². The maximum Gasteiger partial charge on any atom is 0.333 e. The van der Waals surface area contributed by atoms with E-state index in [1.54, 1.807) is 6.92 Å². The summed E-state index contributed by atoms with van der Waals surface area (Å²) in [5.41, 5.74) is -1.18. The second-order valence-electron chi connectivity index (χ2n) is 7.69. The molecule has 4 atom stereocenters. The fourth-order valence-electron chi connectivity index (χ4n) is 5.75. The van der Waals surface area contributed by atoms with Crippen molar-refractivity contribution in [1.82, 2.24) is 0 Å². The fraction of sp³-hybridized carbons (Fsp3) is 0.765. The van der Waals surface area contributed by atoms with Crippen LogP contribution in [0.4, 0.5) is 0 Å². The first kappa shape index (κ1) is 15.5. The Kier molecular flexibility index (Phi) is 3.40. The molecule has 0 spiro atoms. The zero-order valence-electron chi connectivity index (χ0n) is 13.5. The van der Waals surface area contributed by atoms with E-state index in [-0.39, 0.29) is 17.4 Å². The summed E-state index contributed by atoms with van der Waals surface area (Å²) in [5, 5.41) is 10.9. The maximum atomic E-state index is 12.4. The molecule has 4 bridgehead atoms. The highest BCUT2D eigenvalue weighted by Gasteiger charge is 2.65. The van der Waals surface area contributed by atoms with Crippen LogP contribution in [0.1, 0.15) is 45.4 Å². The van der Waals surface area contributed by atoms with E-state index < -0.39 is 11.0 Å². The summed E-state index contributed by atoms with van der Waals surface area (Å²) in [5.74, 6) is -0.263. The topological polar surface area (TPSA) is 72.8 Å². The highest BCUT2D eigenvalue weighted by Crippen LogP contribution is 2.67. The molecule has 0 aromatic rings. The molecule has 4 aliphatic rings. The molecule has 0 aromatic carbocycles. The van der Waals surface area contributed by atoms with Gasteiger partial charge in [0, 0.05) is 5.57 Å². The lowest BCUT2D eigenvalue weighted by molar-refractivity contribution is -0.206. The molecule has 0 heterocycles. The zero-order valence-corrected chi connectivity index (χ0v) is 13.5. The number of hydrogen-bond acceptors (Lipinski definition) is 5. The number of rotatable bonds is 3. The van der Waals surface area contributed by atoms with Crippen molar-refractivity contribution in [3.63, 3.8) is 0 Å². The summed E-state index contributed by atoms with van der Waals surface area (Å²) >= 11 is 0. The van der Waals surface area contributed by atoms with Gasteiger partial charge in [0.1, 0.15) is 0 Å². The van der Waals surface area contributed by atoms with Crippen molar-refractivity contribution in [2.75, 3.05) is 14.2 Å². The Bertz CT molecular complexity index is 553. The Morgan fingerprint density at radius 2 is 1.82 bits per heavy atom. The molecule has 122 valence electrons. The van der Waals surface area contributed by atoms with Gasteiger partial charge in [-0.05, 0) is 56.8 Å². The zero-order chi connectivity index (χ0) is 16.2. The SMILES string of the molecule is COC(=O)/C(C)=C/C12CC3CC(O)(C1)CC(C(=O)OC)(C3)C2. The second kappa shape index (κ2) is 4.82. The average Bonchev–Trinajstić information content (AvgIpc) is 2.42. The predicted molar refractivity (Wildman–Crippen MR) is 78.8 cm³/mol. The average molecular weight is 308 g/mol. The Morgan fingerprint density at radius 3 is 2.41 bits per heavy atom. The third-order valence-electron chi connectivity index (χ3n) is 5.73. The molecule has 5 nitrogen and oxygen atoms in total. The van der Waals surface area contributed by atoms with Crippen molar-refractivity contribution in [2.45, 2.75) is 51.0 Å². The van der Waals surface area contributed by atoms with E-state index >= 15 is 0 Å². The summed E-state index contributed by atoms with van der Waals surface area (Å²) in [7, 11) is 2.77. The number of methoxy groups -OCH3 is 2. The van der Waals surface area contributed by atoms with Crippen LogP contribution in [0.2, 0.25) is 0 Å². The second-order valence-corrected chi connectivity index (χ2v) is 7.69. The molecule has 4 rings (SSSR count).